The summed E-state index contributed by atoms with van der Waals surface area (Å²) in [5.74, 6) is -0.287. The van der Waals surface area contributed by atoms with Gasteiger partial charge in [0.15, 0.2) is 0 Å². The van der Waals surface area contributed by atoms with Gasteiger partial charge in [-0.2, -0.15) is 0 Å². The van der Waals surface area contributed by atoms with Crippen molar-refractivity contribution >= 4 is 35.0 Å². The Balaban J connectivity index is 2.24. The average Bonchev–Trinajstić information content (AvgIpc) is 2.68. The molecule has 29 heavy (non-hydrogen) atoms. The fraction of sp³-hybridized carbons (Fsp3) is 0.391. The van der Waals surface area contributed by atoms with Gasteiger partial charge in [0, 0.05) is 23.1 Å². The molecule has 0 radical (unpaired) electrons. The first-order valence-electron chi connectivity index (χ1n) is 9.89. The molecule has 2 aromatic rings. The van der Waals surface area contributed by atoms with E-state index in [9.17, 15) is 9.59 Å². The van der Waals surface area contributed by atoms with Crippen molar-refractivity contribution in [2.75, 3.05) is 6.54 Å². The Labute approximate surface area is 183 Å². The van der Waals surface area contributed by atoms with Gasteiger partial charge in [-0.15, -0.1) is 0 Å². The van der Waals surface area contributed by atoms with Crippen LogP contribution in [0.15, 0.2) is 42.5 Å². The summed E-state index contributed by atoms with van der Waals surface area (Å²) in [5, 5.41) is 3.92. The normalized spacial score (nSPS) is 11.8. The zero-order valence-electron chi connectivity index (χ0n) is 17.2. The first kappa shape index (κ1) is 23.2. The third-order valence-electron chi connectivity index (χ3n) is 4.96. The number of aryl methyl sites for hydroxylation is 1. The lowest BCUT2D eigenvalue weighted by atomic mass is 10.0. The second-order valence-corrected chi connectivity index (χ2v) is 8.02. The van der Waals surface area contributed by atoms with Crippen LogP contribution >= 0.6 is 23.2 Å². The quantitative estimate of drug-likeness (QED) is 0.552. The topological polar surface area (TPSA) is 49.4 Å². The van der Waals surface area contributed by atoms with Crippen molar-refractivity contribution < 1.29 is 9.59 Å². The van der Waals surface area contributed by atoms with Gasteiger partial charge in [0.1, 0.15) is 6.04 Å². The minimum Gasteiger partial charge on any atom is -0.354 e. The number of unbranched alkanes of at least 4 members (excludes halogenated alkanes) is 1. The highest BCUT2D eigenvalue weighted by molar-refractivity contribution is 6.35. The number of nitrogens with zero attached hydrogens (tertiary/aromatic N) is 1. The number of hydrogen-bond donors (Lipinski definition) is 1. The van der Waals surface area contributed by atoms with Crippen LogP contribution < -0.4 is 5.32 Å². The molecule has 4 nitrogen and oxygen atoms in total. The molecule has 2 aromatic carbocycles. The van der Waals surface area contributed by atoms with Crippen LogP contribution in [0.3, 0.4) is 0 Å². The first-order chi connectivity index (χ1) is 13.8. The van der Waals surface area contributed by atoms with E-state index in [4.69, 9.17) is 23.2 Å². The number of carbonyl (C=O) groups excluding carboxylic acids is 2. The van der Waals surface area contributed by atoms with Crippen LogP contribution in [0.25, 0.3) is 0 Å². The van der Waals surface area contributed by atoms with Crippen LogP contribution in [0.4, 0.5) is 0 Å². The summed E-state index contributed by atoms with van der Waals surface area (Å²) in [4.78, 5) is 27.4. The van der Waals surface area contributed by atoms with E-state index >= 15 is 0 Å². The zero-order valence-corrected chi connectivity index (χ0v) is 18.7. The van der Waals surface area contributed by atoms with Gasteiger partial charge >= 0.3 is 0 Å². The highest BCUT2D eigenvalue weighted by atomic mass is 35.5. The molecule has 0 bridgehead atoms. The summed E-state index contributed by atoms with van der Waals surface area (Å²) in [6.45, 7) is 6.63. The molecule has 0 fully saturated rings. The first-order valence-corrected chi connectivity index (χ1v) is 10.6. The molecule has 0 aliphatic rings. The average molecular weight is 435 g/mol. The third kappa shape index (κ3) is 6.76. The number of nitrogens with one attached hydrogen (secondary N) is 1. The Morgan fingerprint density at radius 2 is 1.83 bits per heavy atom. The van der Waals surface area contributed by atoms with E-state index in [0.717, 1.165) is 29.5 Å². The molecule has 0 saturated heterocycles. The van der Waals surface area contributed by atoms with Gasteiger partial charge in [-0.1, -0.05) is 66.9 Å². The van der Waals surface area contributed by atoms with E-state index in [1.807, 2.05) is 31.2 Å². The van der Waals surface area contributed by atoms with Crippen LogP contribution in [-0.4, -0.2) is 29.3 Å². The molecule has 6 heteroatoms. The molecule has 0 saturated carbocycles. The molecule has 0 aliphatic carbocycles. The fourth-order valence-electron chi connectivity index (χ4n) is 3.03. The lowest BCUT2D eigenvalue weighted by molar-refractivity contribution is -0.140. The molecule has 2 rings (SSSR count). The molecular weight excluding hydrogens is 407 g/mol. The lowest BCUT2D eigenvalue weighted by Gasteiger charge is -2.29. The maximum absolute atomic E-state index is 13.2. The third-order valence-corrected chi connectivity index (χ3v) is 5.54. The maximum Gasteiger partial charge on any atom is 0.242 e. The minimum absolute atomic E-state index is 0.122. The van der Waals surface area contributed by atoms with E-state index in [-0.39, 0.29) is 24.8 Å². The molecule has 0 aliphatic heterocycles. The molecule has 156 valence electrons. The predicted molar refractivity (Wildman–Crippen MR) is 119 cm³/mol. The van der Waals surface area contributed by atoms with Crippen LogP contribution in [0.5, 0.6) is 0 Å². The Morgan fingerprint density at radius 1 is 1.10 bits per heavy atom. The Kier molecular flexibility index (Phi) is 8.99. The molecule has 1 atom stereocenters. The van der Waals surface area contributed by atoms with Gasteiger partial charge in [-0.05, 0) is 49.1 Å². The molecule has 0 spiro atoms. The molecule has 0 unspecified atom stereocenters. The van der Waals surface area contributed by atoms with E-state index < -0.39 is 6.04 Å². The Bertz CT molecular complexity index is 855. The van der Waals surface area contributed by atoms with Crippen LogP contribution in [0.1, 0.15) is 43.4 Å². The number of halogens is 2. The van der Waals surface area contributed by atoms with Crippen molar-refractivity contribution in [1.82, 2.24) is 10.2 Å². The van der Waals surface area contributed by atoms with E-state index in [1.54, 1.807) is 30.0 Å². The number of hydrogen-bond acceptors (Lipinski definition) is 2. The van der Waals surface area contributed by atoms with Crippen molar-refractivity contribution in [1.29, 1.82) is 0 Å². The van der Waals surface area contributed by atoms with Crippen molar-refractivity contribution in [3.8, 4) is 0 Å². The van der Waals surface area contributed by atoms with Gasteiger partial charge in [0.25, 0.3) is 0 Å². The number of rotatable bonds is 9. The van der Waals surface area contributed by atoms with Crippen molar-refractivity contribution in [2.24, 2.45) is 0 Å². The molecular formula is C23H28Cl2N2O2. The lowest BCUT2D eigenvalue weighted by Crippen LogP contribution is -2.48. The highest BCUT2D eigenvalue weighted by Gasteiger charge is 2.27. The molecule has 1 N–H and O–H groups in total. The smallest absolute Gasteiger partial charge is 0.242 e. The maximum atomic E-state index is 13.2. The van der Waals surface area contributed by atoms with Gasteiger partial charge in [0.2, 0.25) is 11.8 Å². The second-order valence-electron chi connectivity index (χ2n) is 7.18. The van der Waals surface area contributed by atoms with Crippen LogP contribution in [0, 0.1) is 6.92 Å². The second kappa shape index (κ2) is 11.2. The largest absolute Gasteiger partial charge is 0.354 e. The van der Waals surface area contributed by atoms with E-state index in [0.29, 0.717) is 16.6 Å². The standard InChI is InChI=1S/C23H28Cl2N2O2/c1-4-5-12-26-23(29)17(3)27(15-19-10-11-20(24)14-21(19)25)22(28)13-18-9-7-6-8-16(18)2/h6-11,14,17H,4-5,12-13,15H2,1-3H3,(H,26,29)/t17-/m0/s1. The SMILES string of the molecule is CCCCNC(=O)[C@H](C)N(Cc1ccc(Cl)cc1Cl)C(=O)Cc1ccccc1C. The summed E-state index contributed by atoms with van der Waals surface area (Å²) in [6, 6.07) is 12.3. The number of carbonyl (C=O) groups is 2. The molecule has 2 amide bonds. The fourth-order valence-corrected chi connectivity index (χ4v) is 3.49. The summed E-state index contributed by atoms with van der Waals surface area (Å²) >= 11 is 12.3. The van der Waals surface area contributed by atoms with E-state index in [2.05, 4.69) is 12.2 Å². The monoisotopic (exact) mass is 434 g/mol. The van der Waals surface area contributed by atoms with Crippen molar-refractivity contribution in [3.63, 3.8) is 0 Å². The van der Waals surface area contributed by atoms with Gasteiger partial charge in [-0.3, -0.25) is 9.59 Å². The van der Waals surface area contributed by atoms with Crippen LogP contribution in [0.2, 0.25) is 10.0 Å². The van der Waals surface area contributed by atoms with Crippen molar-refractivity contribution in [3.05, 3.63) is 69.2 Å². The Hall–Kier alpha value is -2.04. The number of amides is 2. The number of benzene rings is 2. The van der Waals surface area contributed by atoms with Crippen LogP contribution in [-0.2, 0) is 22.6 Å². The van der Waals surface area contributed by atoms with Gasteiger partial charge in [0.05, 0.1) is 6.42 Å². The summed E-state index contributed by atoms with van der Waals surface area (Å²) < 4.78 is 0. The Morgan fingerprint density at radius 3 is 2.48 bits per heavy atom. The van der Waals surface area contributed by atoms with E-state index in [1.165, 1.54) is 0 Å². The highest BCUT2D eigenvalue weighted by Crippen LogP contribution is 2.24. The van der Waals surface area contributed by atoms with Gasteiger partial charge < -0.3 is 10.2 Å². The molecule has 0 heterocycles. The minimum atomic E-state index is -0.616. The summed E-state index contributed by atoms with van der Waals surface area (Å²) in [7, 11) is 0. The predicted octanol–water partition coefficient (Wildman–Crippen LogP) is 5.18. The van der Waals surface area contributed by atoms with Crippen molar-refractivity contribution in [2.45, 2.75) is 52.6 Å². The summed E-state index contributed by atoms with van der Waals surface area (Å²) in [6.07, 6.45) is 2.12. The van der Waals surface area contributed by atoms with Gasteiger partial charge in [-0.25, -0.2) is 0 Å². The zero-order chi connectivity index (χ0) is 21.4. The molecule has 0 aromatic heterocycles. The summed E-state index contributed by atoms with van der Waals surface area (Å²) in [5.41, 5.74) is 2.75.